The quantitative estimate of drug-likeness (QED) is 0.527. The molecule has 4 rings (SSSR count). The number of anilines is 1. The lowest BCUT2D eigenvalue weighted by atomic mass is 9.86. The zero-order valence-corrected chi connectivity index (χ0v) is 19.9. The molecule has 0 bridgehead atoms. The van der Waals surface area contributed by atoms with Gasteiger partial charge in [0, 0.05) is 6.54 Å². The monoisotopic (exact) mass is 454 g/mol. The van der Waals surface area contributed by atoms with Crippen molar-refractivity contribution in [3.8, 4) is 5.75 Å². The van der Waals surface area contributed by atoms with E-state index < -0.39 is 0 Å². The van der Waals surface area contributed by atoms with Crippen molar-refractivity contribution < 1.29 is 14.3 Å². The third-order valence-corrected chi connectivity index (χ3v) is 5.77. The molecule has 0 saturated carbocycles. The summed E-state index contributed by atoms with van der Waals surface area (Å²) in [7, 11) is 0. The van der Waals surface area contributed by atoms with Gasteiger partial charge < -0.3 is 10.1 Å². The molecule has 1 N–H and O–H groups in total. The minimum Gasteiger partial charge on any atom is -0.449 e. The number of ether oxygens (including phenoxy) is 1. The van der Waals surface area contributed by atoms with Crippen LogP contribution in [0.2, 0.25) is 0 Å². The number of hydrogen-bond acceptors (Lipinski definition) is 3. The molecule has 3 aromatic rings. The van der Waals surface area contributed by atoms with Gasteiger partial charge in [0.25, 0.3) is 5.91 Å². The van der Waals surface area contributed by atoms with Crippen molar-refractivity contribution in [3.05, 3.63) is 101 Å². The molecular formula is C29H30N2O3. The minimum absolute atomic E-state index is 0.0797. The molecule has 5 heteroatoms. The molecule has 2 amide bonds. The van der Waals surface area contributed by atoms with Gasteiger partial charge in [-0.3, -0.25) is 14.5 Å². The van der Waals surface area contributed by atoms with Crippen LogP contribution in [0.5, 0.6) is 5.75 Å². The fraction of sp³-hybridized carbons (Fsp3) is 0.241. The van der Waals surface area contributed by atoms with Crippen LogP contribution in [-0.4, -0.2) is 24.9 Å². The number of carbonyl (C=O) groups is 2. The largest absolute Gasteiger partial charge is 0.449 e. The van der Waals surface area contributed by atoms with Crippen molar-refractivity contribution >= 4 is 23.6 Å². The number of benzene rings is 3. The first-order valence-corrected chi connectivity index (χ1v) is 11.5. The summed E-state index contributed by atoms with van der Waals surface area (Å²) >= 11 is 0. The molecule has 0 radical (unpaired) electrons. The number of carbonyl (C=O) groups excluding carboxylic acids is 2. The molecule has 1 aliphatic heterocycles. The summed E-state index contributed by atoms with van der Waals surface area (Å²) in [4.78, 5) is 27.8. The first kappa shape index (κ1) is 23.3. The SMILES string of the molecule is CC(C)(C)c1ccc2c(c1)N(CC(=O)NCCc1ccccc1)C(=O)/C(=C/c1ccccc1)O2. The van der Waals surface area contributed by atoms with Gasteiger partial charge >= 0.3 is 0 Å². The minimum atomic E-state index is -0.333. The molecular weight excluding hydrogens is 424 g/mol. The molecule has 0 fully saturated rings. The van der Waals surface area contributed by atoms with Crippen molar-refractivity contribution in [1.82, 2.24) is 5.32 Å². The highest BCUT2D eigenvalue weighted by Crippen LogP contribution is 2.39. The van der Waals surface area contributed by atoms with Crippen LogP contribution >= 0.6 is 0 Å². The van der Waals surface area contributed by atoms with E-state index in [4.69, 9.17) is 4.74 Å². The van der Waals surface area contributed by atoms with Crippen molar-refractivity contribution in [3.63, 3.8) is 0 Å². The summed E-state index contributed by atoms with van der Waals surface area (Å²) < 4.78 is 6.00. The van der Waals surface area contributed by atoms with Gasteiger partial charge in [0.2, 0.25) is 5.91 Å². The summed E-state index contributed by atoms with van der Waals surface area (Å²) in [5.74, 6) is 0.212. The van der Waals surface area contributed by atoms with Gasteiger partial charge in [0.05, 0.1) is 5.69 Å². The van der Waals surface area contributed by atoms with Gasteiger partial charge in [-0.1, -0.05) is 87.5 Å². The number of fused-ring (bicyclic) bond motifs is 1. The van der Waals surface area contributed by atoms with Gasteiger partial charge in [-0.25, -0.2) is 0 Å². The van der Waals surface area contributed by atoms with E-state index >= 15 is 0 Å². The zero-order valence-electron chi connectivity index (χ0n) is 19.9. The van der Waals surface area contributed by atoms with Gasteiger partial charge in [-0.15, -0.1) is 0 Å². The standard InChI is InChI=1S/C29H30N2O3/c1-29(2,3)23-14-15-25-24(19-23)31(20-27(32)30-17-16-21-10-6-4-7-11-21)28(33)26(34-25)18-22-12-8-5-9-13-22/h4-15,18-19H,16-17,20H2,1-3H3,(H,30,32)/b26-18-. The van der Waals surface area contributed by atoms with Crippen LogP contribution in [0.15, 0.2) is 84.6 Å². The van der Waals surface area contributed by atoms with Crippen LogP contribution in [0.3, 0.4) is 0 Å². The van der Waals surface area contributed by atoms with Gasteiger partial charge in [0.1, 0.15) is 6.54 Å². The molecule has 34 heavy (non-hydrogen) atoms. The number of amides is 2. The molecule has 174 valence electrons. The first-order valence-electron chi connectivity index (χ1n) is 11.5. The van der Waals surface area contributed by atoms with Gasteiger partial charge in [0.15, 0.2) is 11.5 Å². The van der Waals surface area contributed by atoms with E-state index in [-0.39, 0.29) is 29.5 Å². The average molecular weight is 455 g/mol. The number of nitrogens with zero attached hydrogens (tertiary/aromatic N) is 1. The molecule has 0 aromatic heterocycles. The zero-order chi connectivity index (χ0) is 24.1. The maximum absolute atomic E-state index is 13.4. The summed E-state index contributed by atoms with van der Waals surface area (Å²) in [5.41, 5.74) is 3.57. The normalized spacial score (nSPS) is 14.5. The fourth-order valence-corrected chi connectivity index (χ4v) is 3.82. The second kappa shape index (κ2) is 9.96. The third kappa shape index (κ3) is 5.54. The van der Waals surface area contributed by atoms with Crippen LogP contribution in [0.25, 0.3) is 6.08 Å². The number of hydrogen-bond donors (Lipinski definition) is 1. The van der Waals surface area contributed by atoms with E-state index in [0.29, 0.717) is 18.0 Å². The van der Waals surface area contributed by atoms with Crippen LogP contribution in [0.4, 0.5) is 5.69 Å². The smallest absolute Gasteiger partial charge is 0.294 e. The molecule has 0 unspecified atom stereocenters. The summed E-state index contributed by atoms with van der Waals surface area (Å²) in [5, 5.41) is 2.95. The lowest BCUT2D eigenvalue weighted by Gasteiger charge is -2.32. The summed E-state index contributed by atoms with van der Waals surface area (Å²) in [6, 6.07) is 25.4. The summed E-state index contributed by atoms with van der Waals surface area (Å²) in [6.07, 6.45) is 2.44. The van der Waals surface area contributed by atoms with E-state index in [1.54, 1.807) is 6.08 Å². The first-order chi connectivity index (χ1) is 16.3. The van der Waals surface area contributed by atoms with E-state index in [0.717, 1.165) is 23.1 Å². The predicted octanol–water partition coefficient (Wildman–Crippen LogP) is 5.11. The molecule has 5 nitrogen and oxygen atoms in total. The average Bonchev–Trinajstić information content (AvgIpc) is 2.82. The third-order valence-electron chi connectivity index (χ3n) is 5.77. The van der Waals surface area contributed by atoms with Crippen LogP contribution < -0.4 is 15.0 Å². The lowest BCUT2D eigenvalue weighted by molar-refractivity contribution is -0.123. The molecule has 3 aromatic carbocycles. The van der Waals surface area contributed by atoms with Crippen LogP contribution in [0, 0.1) is 0 Å². The number of nitrogens with one attached hydrogen (secondary N) is 1. The molecule has 0 saturated heterocycles. The van der Waals surface area contributed by atoms with E-state index in [9.17, 15) is 9.59 Å². The van der Waals surface area contributed by atoms with Gasteiger partial charge in [-0.2, -0.15) is 0 Å². The fourth-order valence-electron chi connectivity index (χ4n) is 3.82. The maximum atomic E-state index is 13.4. The van der Waals surface area contributed by atoms with Crippen LogP contribution in [-0.2, 0) is 21.4 Å². The van der Waals surface area contributed by atoms with Crippen molar-refractivity contribution in [2.45, 2.75) is 32.6 Å². The number of rotatable bonds is 6. The highest BCUT2D eigenvalue weighted by atomic mass is 16.5. The second-order valence-electron chi connectivity index (χ2n) is 9.43. The highest BCUT2D eigenvalue weighted by molar-refractivity contribution is 6.12. The Balaban J connectivity index is 1.58. The predicted molar refractivity (Wildman–Crippen MR) is 136 cm³/mol. The van der Waals surface area contributed by atoms with Crippen molar-refractivity contribution in [2.75, 3.05) is 18.0 Å². The van der Waals surface area contributed by atoms with Crippen molar-refractivity contribution in [1.29, 1.82) is 0 Å². The molecule has 0 aliphatic carbocycles. The Morgan fingerprint density at radius 2 is 1.65 bits per heavy atom. The summed E-state index contributed by atoms with van der Waals surface area (Å²) in [6.45, 7) is 6.76. The van der Waals surface area contributed by atoms with E-state index in [1.165, 1.54) is 4.90 Å². The van der Waals surface area contributed by atoms with E-state index in [2.05, 4.69) is 26.1 Å². The Hall–Kier alpha value is -3.86. The Labute approximate surface area is 201 Å². The lowest BCUT2D eigenvalue weighted by Crippen LogP contribution is -2.44. The Bertz CT molecular complexity index is 1200. The molecule has 0 atom stereocenters. The molecule has 1 heterocycles. The van der Waals surface area contributed by atoms with Crippen molar-refractivity contribution in [2.24, 2.45) is 0 Å². The molecule has 1 aliphatic rings. The Morgan fingerprint density at radius 1 is 0.971 bits per heavy atom. The second-order valence-corrected chi connectivity index (χ2v) is 9.43. The Morgan fingerprint density at radius 3 is 2.32 bits per heavy atom. The van der Waals surface area contributed by atoms with Gasteiger partial charge in [-0.05, 0) is 46.7 Å². The Kier molecular flexibility index (Phi) is 6.82. The highest BCUT2D eigenvalue weighted by Gasteiger charge is 2.33. The maximum Gasteiger partial charge on any atom is 0.294 e. The van der Waals surface area contributed by atoms with Crippen LogP contribution in [0.1, 0.15) is 37.5 Å². The van der Waals surface area contributed by atoms with E-state index in [1.807, 2.05) is 78.9 Å². The topological polar surface area (TPSA) is 58.6 Å². The molecule has 0 spiro atoms.